The summed E-state index contributed by atoms with van der Waals surface area (Å²) in [6, 6.07) is 17.7. The quantitative estimate of drug-likeness (QED) is 0.700. The number of aromatic amines is 1. The third-order valence-corrected chi connectivity index (χ3v) is 3.78. The Morgan fingerprint density at radius 3 is 2.46 bits per heavy atom. The number of hydrogen-bond acceptors (Lipinski definition) is 4. The van der Waals surface area contributed by atoms with E-state index in [1.165, 1.54) is 0 Å². The molecule has 0 radical (unpaired) electrons. The van der Waals surface area contributed by atoms with E-state index in [-0.39, 0.29) is 0 Å². The van der Waals surface area contributed by atoms with Crippen LogP contribution in [0.15, 0.2) is 60.8 Å². The van der Waals surface area contributed by atoms with Crippen molar-refractivity contribution in [3.8, 4) is 22.8 Å². The first-order valence-electron chi connectivity index (χ1n) is 8.01. The predicted octanol–water partition coefficient (Wildman–Crippen LogP) is 3.26. The molecule has 0 fully saturated rings. The summed E-state index contributed by atoms with van der Waals surface area (Å²) in [4.78, 5) is 2.18. The van der Waals surface area contributed by atoms with Gasteiger partial charge in [0.1, 0.15) is 11.5 Å². The van der Waals surface area contributed by atoms with E-state index in [9.17, 15) is 0 Å². The molecule has 0 bridgehead atoms. The van der Waals surface area contributed by atoms with Gasteiger partial charge in [-0.15, -0.1) is 0 Å². The molecule has 0 aliphatic rings. The number of rotatable bonds is 7. The van der Waals surface area contributed by atoms with Crippen LogP contribution in [0.5, 0.6) is 11.5 Å². The van der Waals surface area contributed by atoms with Crippen LogP contribution in [0.3, 0.4) is 0 Å². The molecular weight excluding hydrogens is 300 g/mol. The lowest BCUT2D eigenvalue weighted by Crippen LogP contribution is -2.25. The van der Waals surface area contributed by atoms with Crippen LogP contribution in [-0.4, -0.2) is 35.2 Å². The number of nitrogens with two attached hydrogens (primary N) is 1. The highest BCUT2D eigenvalue weighted by Crippen LogP contribution is 2.26. The number of likely N-dealkylation sites (N-methyl/N-ethyl adjacent to an activating group) is 1. The molecule has 124 valence electrons. The highest BCUT2D eigenvalue weighted by atomic mass is 16.5. The minimum Gasteiger partial charge on any atom is -0.457 e. The normalized spacial score (nSPS) is 11.0. The first-order chi connectivity index (χ1) is 11.8. The van der Waals surface area contributed by atoms with Crippen molar-refractivity contribution in [3.63, 3.8) is 0 Å². The van der Waals surface area contributed by atoms with Gasteiger partial charge in [-0.1, -0.05) is 18.2 Å². The van der Waals surface area contributed by atoms with Gasteiger partial charge in [0.15, 0.2) is 0 Å². The molecule has 0 atom stereocenters. The van der Waals surface area contributed by atoms with Crippen LogP contribution in [-0.2, 0) is 6.54 Å². The molecule has 0 spiro atoms. The van der Waals surface area contributed by atoms with Gasteiger partial charge in [0, 0.05) is 37.0 Å². The van der Waals surface area contributed by atoms with Crippen LogP contribution in [0, 0.1) is 0 Å². The average Bonchev–Trinajstić information content (AvgIpc) is 3.05. The van der Waals surface area contributed by atoms with Gasteiger partial charge < -0.3 is 15.4 Å². The second-order valence-electron chi connectivity index (χ2n) is 5.73. The number of H-pyrrole nitrogens is 1. The summed E-state index contributed by atoms with van der Waals surface area (Å²) in [6.07, 6.45) is 1.94. The van der Waals surface area contributed by atoms with Crippen molar-refractivity contribution >= 4 is 0 Å². The monoisotopic (exact) mass is 322 g/mol. The second kappa shape index (κ2) is 7.77. The molecule has 1 heterocycles. The highest BCUT2D eigenvalue weighted by molar-refractivity contribution is 5.63. The number of aromatic nitrogens is 2. The Balaban J connectivity index is 1.73. The topological polar surface area (TPSA) is 67.2 Å². The molecule has 24 heavy (non-hydrogen) atoms. The van der Waals surface area contributed by atoms with Gasteiger partial charge in [0.2, 0.25) is 0 Å². The van der Waals surface area contributed by atoms with E-state index in [0.717, 1.165) is 41.4 Å². The van der Waals surface area contributed by atoms with Crippen LogP contribution in [0.4, 0.5) is 0 Å². The summed E-state index contributed by atoms with van der Waals surface area (Å²) >= 11 is 0. The zero-order chi connectivity index (χ0) is 16.8. The van der Waals surface area contributed by atoms with E-state index in [1.54, 1.807) is 0 Å². The SMILES string of the molecule is CN(CCN)Cc1c[nH]nc1-c1ccc(Oc2ccccc2)cc1. The Labute approximate surface area is 142 Å². The fraction of sp³-hybridized carbons (Fsp3) is 0.211. The molecule has 3 N–H and O–H groups in total. The van der Waals surface area contributed by atoms with Crippen LogP contribution >= 0.6 is 0 Å². The minimum absolute atomic E-state index is 0.648. The van der Waals surface area contributed by atoms with E-state index in [0.29, 0.717) is 6.54 Å². The molecule has 0 aliphatic carbocycles. The molecule has 3 aromatic rings. The zero-order valence-electron chi connectivity index (χ0n) is 13.8. The first-order valence-corrected chi connectivity index (χ1v) is 8.01. The second-order valence-corrected chi connectivity index (χ2v) is 5.73. The largest absolute Gasteiger partial charge is 0.457 e. The molecule has 5 heteroatoms. The highest BCUT2D eigenvalue weighted by Gasteiger charge is 2.10. The molecule has 0 saturated heterocycles. The van der Waals surface area contributed by atoms with Crippen molar-refractivity contribution in [2.24, 2.45) is 5.73 Å². The lowest BCUT2D eigenvalue weighted by Gasteiger charge is -2.15. The minimum atomic E-state index is 0.648. The smallest absolute Gasteiger partial charge is 0.127 e. The van der Waals surface area contributed by atoms with Crippen molar-refractivity contribution in [3.05, 3.63) is 66.4 Å². The van der Waals surface area contributed by atoms with Gasteiger partial charge >= 0.3 is 0 Å². The lowest BCUT2D eigenvalue weighted by atomic mass is 10.1. The van der Waals surface area contributed by atoms with E-state index >= 15 is 0 Å². The van der Waals surface area contributed by atoms with Crippen LogP contribution in [0.25, 0.3) is 11.3 Å². The van der Waals surface area contributed by atoms with Crippen LogP contribution in [0.1, 0.15) is 5.56 Å². The molecule has 0 amide bonds. The third kappa shape index (κ3) is 4.01. The fourth-order valence-electron chi connectivity index (χ4n) is 2.58. The zero-order valence-corrected chi connectivity index (χ0v) is 13.8. The molecule has 3 rings (SSSR count). The number of nitrogens with zero attached hydrogens (tertiary/aromatic N) is 2. The van der Waals surface area contributed by atoms with Gasteiger partial charge in [0.05, 0.1) is 5.69 Å². The Morgan fingerprint density at radius 2 is 1.75 bits per heavy atom. The Bertz CT molecular complexity index is 753. The predicted molar refractivity (Wildman–Crippen MR) is 95.9 cm³/mol. The van der Waals surface area contributed by atoms with Crippen molar-refractivity contribution in [1.82, 2.24) is 15.1 Å². The van der Waals surface area contributed by atoms with E-state index in [1.807, 2.05) is 60.8 Å². The molecule has 0 saturated carbocycles. The molecule has 0 aliphatic heterocycles. The van der Waals surface area contributed by atoms with Crippen LogP contribution < -0.4 is 10.5 Å². The first kappa shape index (κ1) is 16.2. The summed E-state index contributed by atoms with van der Waals surface area (Å²) in [7, 11) is 2.06. The van der Waals surface area contributed by atoms with Gasteiger partial charge in [-0.3, -0.25) is 5.10 Å². The van der Waals surface area contributed by atoms with Gasteiger partial charge in [-0.25, -0.2) is 0 Å². The fourth-order valence-corrected chi connectivity index (χ4v) is 2.58. The average molecular weight is 322 g/mol. The number of benzene rings is 2. The summed E-state index contributed by atoms with van der Waals surface area (Å²) in [5, 5.41) is 7.35. The number of hydrogen-bond donors (Lipinski definition) is 2. The van der Waals surface area contributed by atoms with Gasteiger partial charge in [-0.2, -0.15) is 5.10 Å². The van der Waals surface area contributed by atoms with Crippen molar-refractivity contribution in [2.45, 2.75) is 6.54 Å². The Hall–Kier alpha value is -2.63. The van der Waals surface area contributed by atoms with Gasteiger partial charge in [-0.05, 0) is 43.4 Å². The summed E-state index contributed by atoms with van der Waals surface area (Å²) < 4.78 is 5.83. The number of nitrogens with one attached hydrogen (secondary N) is 1. The van der Waals surface area contributed by atoms with E-state index in [2.05, 4.69) is 22.1 Å². The van der Waals surface area contributed by atoms with Crippen molar-refractivity contribution < 1.29 is 4.74 Å². The molecular formula is C19H22N4O. The van der Waals surface area contributed by atoms with Crippen LogP contribution in [0.2, 0.25) is 0 Å². The molecule has 1 aromatic heterocycles. The summed E-state index contributed by atoms with van der Waals surface area (Å²) in [5.41, 5.74) is 8.79. The van der Waals surface area contributed by atoms with Crippen molar-refractivity contribution in [1.29, 1.82) is 0 Å². The molecule has 5 nitrogen and oxygen atoms in total. The number of para-hydroxylation sites is 1. The Kier molecular flexibility index (Phi) is 5.25. The lowest BCUT2D eigenvalue weighted by molar-refractivity contribution is 0.337. The third-order valence-electron chi connectivity index (χ3n) is 3.78. The van der Waals surface area contributed by atoms with E-state index in [4.69, 9.17) is 10.5 Å². The maximum atomic E-state index is 5.83. The maximum Gasteiger partial charge on any atom is 0.127 e. The standard InChI is InChI=1S/C19H22N4O/c1-23(12-11-20)14-16-13-21-22-19(16)15-7-9-18(10-8-15)24-17-5-3-2-4-6-17/h2-10,13H,11-12,14,20H2,1H3,(H,21,22). The Morgan fingerprint density at radius 1 is 1.04 bits per heavy atom. The maximum absolute atomic E-state index is 5.83. The van der Waals surface area contributed by atoms with Crippen molar-refractivity contribution in [2.75, 3.05) is 20.1 Å². The van der Waals surface area contributed by atoms with Gasteiger partial charge in [0.25, 0.3) is 0 Å². The number of ether oxygens (including phenoxy) is 1. The molecule has 0 unspecified atom stereocenters. The molecule has 2 aromatic carbocycles. The summed E-state index contributed by atoms with van der Waals surface area (Å²) in [5.74, 6) is 1.64. The summed E-state index contributed by atoms with van der Waals surface area (Å²) in [6.45, 7) is 2.31. The van der Waals surface area contributed by atoms with E-state index < -0.39 is 0 Å².